The number of piperazine rings is 1. The fraction of sp³-hybridized carbons (Fsp3) is 0.727. The predicted octanol–water partition coefficient (Wildman–Crippen LogP) is 2.53. The fourth-order valence-electron chi connectivity index (χ4n) is 4.55. The number of aliphatic imine (C=N–C) groups is 1. The number of nitrogens with one attached hydrogen (secondary N) is 1. The molecule has 3 rings (SSSR count). The van der Waals surface area contributed by atoms with Crippen LogP contribution in [0.15, 0.2) is 29.4 Å². The van der Waals surface area contributed by atoms with Crippen LogP contribution in [0.25, 0.3) is 0 Å². The highest BCUT2D eigenvalue weighted by atomic mass is 127. The highest BCUT2D eigenvalue weighted by Crippen LogP contribution is 2.20. The summed E-state index contributed by atoms with van der Waals surface area (Å²) in [5.74, 6) is 2.78. The summed E-state index contributed by atoms with van der Waals surface area (Å²) >= 11 is 0. The summed E-state index contributed by atoms with van der Waals surface area (Å²) in [6.45, 7) is 13.2. The minimum absolute atomic E-state index is 0. The smallest absolute Gasteiger partial charge is 0.193 e. The summed E-state index contributed by atoms with van der Waals surface area (Å²) in [5.41, 5.74) is 0. The number of halogens is 1. The van der Waals surface area contributed by atoms with Gasteiger partial charge in [-0.25, -0.2) is 4.98 Å². The maximum atomic E-state index is 5.58. The first-order valence-electron chi connectivity index (χ1n) is 11.2. The molecular weight excluding hydrogens is 491 g/mol. The molecule has 0 saturated carbocycles. The second-order valence-electron chi connectivity index (χ2n) is 7.88. The van der Waals surface area contributed by atoms with Gasteiger partial charge in [-0.05, 0) is 18.1 Å². The number of hydrogen-bond acceptors (Lipinski definition) is 5. The molecule has 0 bridgehead atoms. The van der Waals surface area contributed by atoms with Crippen molar-refractivity contribution in [1.29, 1.82) is 0 Å². The number of rotatable bonds is 7. The number of hydrogen-bond donors (Lipinski definition) is 1. The van der Waals surface area contributed by atoms with Crippen molar-refractivity contribution in [3.8, 4) is 0 Å². The molecule has 8 heteroatoms. The number of pyridine rings is 1. The summed E-state index contributed by atoms with van der Waals surface area (Å²) < 4.78 is 5.58. The van der Waals surface area contributed by atoms with Crippen LogP contribution >= 0.6 is 24.0 Å². The first kappa shape index (κ1) is 25.1. The van der Waals surface area contributed by atoms with Crippen molar-refractivity contribution in [2.24, 2.45) is 10.9 Å². The van der Waals surface area contributed by atoms with E-state index in [0.29, 0.717) is 12.0 Å². The van der Waals surface area contributed by atoms with E-state index >= 15 is 0 Å². The molecule has 2 fully saturated rings. The molecule has 1 unspecified atom stereocenters. The molecule has 0 aliphatic carbocycles. The summed E-state index contributed by atoms with van der Waals surface area (Å²) in [6.07, 6.45) is 4.29. The lowest BCUT2D eigenvalue weighted by atomic mass is 9.92. The molecule has 0 radical (unpaired) electrons. The Morgan fingerprint density at radius 2 is 1.80 bits per heavy atom. The lowest BCUT2D eigenvalue weighted by Gasteiger charge is -2.40. The van der Waals surface area contributed by atoms with Crippen molar-refractivity contribution in [3.05, 3.63) is 24.4 Å². The van der Waals surface area contributed by atoms with Gasteiger partial charge in [0.2, 0.25) is 0 Å². The first-order chi connectivity index (χ1) is 14.3. The van der Waals surface area contributed by atoms with E-state index in [4.69, 9.17) is 4.74 Å². The van der Waals surface area contributed by atoms with Gasteiger partial charge in [0.15, 0.2) is 5.96 Å². The third-order valence-electron chi connectivity index (χ3n) is 6.34. The average molecular weight is 530 g/mol. The Morgan fingerprint density at radius 3 is 2.37 bits per heavy atom. The normalized spacial score (nSPS) is 19.5. The number of morpholine rings is 1. The lowest BCUT2D eigenvalue weighted by molar-refractivity contribution is 0.00259. The molecule has 1 aromatic heterocycles. The Balaban J connectivity index is 0.00000320. The van der Waals surface area contributed by atoms with E-state index < -0.39 is 0 Å². The van der Waals surface area contributed by atoms with Crippen molar-refractivity contribution in [2.75, 3.05) is 71.0 Å². The average Bonchev–Trinajstić information content (AvgIpc) is 2.80. The van der Waals surface area contributed by atoms with Crippen LogP contribution < -0.4 is 10.2 Å². The molecule has 0 spiro atoms. The van der Waals surface area contributed by atoms with Gasteiger partial charge in [0, 0.05) is 65.1 Å². The van der Waals surface area contributed by atoms with Crippen molar-refractivity contribution >= 4 is 35.8 Å². The molecule has 7 nitrogen and oxygen atoms in total. The summed E-state index contributed by atoms with van der Waals surface area (Å²) in [7, 11) is 1.90. The molecule has 2 aliphatic rings. The maximum Gasteiger partial charge on any atom is 0.193 e. The van der Waals surface area contributed by atoms with E-state index in [9.17, 15) is 0 Å². The standard InChI is InChI=1S/C22H38N6O.HI/c1-4-19(5-2)20(26-14-16-29-17-15-26)18-25-22(23-3)28-12-10-27(11-13-28)21-8-6-7-9-24-21;/h6-9,19-20H,4-5,10-18H2,1-3H3,(H,23,25);1H. The minimum Gasteiger partial charge on any atom is -0.379 e. The molecule has 0 amide bonds. The van der Waals surface area contributed by atoms with Gasteiger partial charge < -0.3 is 19.9 Å². The second kappa shape index (κ2) is 13.3. The van der Waals surface area contributed by atoms with Gasteiger partial charge in [-0.3, -0.25) is 9.89 Å². The van der Waals surface area contributed by atoms with E-state index in [2.05, 4.69) is 56.0 Å². The number of nitrogens with zero attached hydrogens (tertiary/aromatic N) is 5. The largest absolute Gasteiger partial charge is 0.379 e. The topological polar surface area (TPSA) is 56.2 Å². The molecule has 30 heavy (non-hydrogen) atoms. The number of aromatic nitrogens is 1. The van der Waals surface area contributed by atoms with Crippen molar-refractivity contribution < 1.29 is 4.74 Å². The summed E-state index contributed by atoms with van der Waals surface area (Å²) in [6, 6.07) is 6.64. The molecule has 2 aliphatic heterocycles. The first-order valence-corrected chi connectivity index (χ1v) is 11.2. The molecule has 1 aromatic rings. The molecular formula is C22H39IN6O. The van der Waals surface area contributed by atoms with E-state index in [0.717, 1.165) is 70.8 Å². The van der Waals surface area contributed by atoms with Gasteiger partial charge in [-0.1, -0.05) is 32.8 Å². The fourth-order valence-corrected chi connectivity index (χ4v) is 4.55. The molecule has 1 N–H and O–H groups in total. The number of ether oxygens (including phenoxy) is 1. The van der Waals surface area contributed by atoms with Crippen LogP contribution in [0.2, 0.25) is 0 Å². The Morgan fingerprint density at radius 1 is 1.10 bits per heavy atom. The van der Waals surface area contributed by atoms with E-state index in [-0.39, 0.29) is 24.0 Å². The van der Waals surface area contributed by atoms with Gasteiger partial charge in [-0.2, -0.15) is 0 Å². The molecule has 3 heterocycles. The Labute approximate surface area is 199 Å². The van der Waals surface area contributed by atoms with E-state index in [1.165, 1.54) is 12.8 Å². The molecule has 2 saturated heterocycles. The predicted molar refractivity (Wildman–Crippen MR) is 135 cm³/mol. The highest BCUT2D eigenvalue weighted by molar-refractivity contribution is 14.0. The van der Waals surface area contributed by atoms with Crippen LogP contribution in [0.3, 0.4) is 0 Å². The van der Waals surface area contributed by atoms with Gasteiger partial charge in [0.1, 0.15) is 5.82 Å². The van der Waals surface area contributed by atoms with Crippen LogP contribution in [0.4, 0.5) is 5.82 Å². The van der Waals surface area contributed by atoms with Gasteiger partial charge >= 0.3 is 0 Å². The Kier molecular flexibility index (Phi) is 11.2. The maximum absolute atomic E-state index is 5.58. The van der Waals surface area contributed by atoms with Gasteiger partial charge in [-0.15, -0.1) is 24.0 Å². The zero-order valence-electron chi connectivity index (χ0n) is 18.8. The van der Waals surface area contributed by atoms with Crippen LogP contribution in [-0.2, 0) is 4.74 Å². The quantitative estimate of drug-likeness (QED) is 0.332. The Bertz CT molecular complexity index is 613. The number of guanidine groups is 1. The zero-order valence-corrected chi connectivity index (χ0v) is 21.1. The van der Waals surface area contributed by atoms with Crippen LogP contribution in [0.5, 0.6) is 0 Å². The van der Waals surface area contributed by atoms with Crippen molar-refractivity contribution in [1.82, 2.24) is 20.1 Å². The summed E-state index contributed by atoms with van der Waals surface area (Å²) in [4.78, 5) is 16.4. The zero-order chi connectivity index (χ0) is 20.5. The lowest BCUT2D eigenvalue weighted by Crippen LogP contribution is -2.56. The monoisotopic (exact) mass is 530 g/mol. The van der Waals surface area contributed by atoms with Crippen molar-refractivity contribution in [3.63, 3.8) is 0 Å². The number of anilines is 1. The van der Waals surface area contributed by atoms with Crippen LogP contribution in [-0.4, -0.2) is 92.9 Å². The van der Waals surface area contributed by atoms with Gasteiger partial charge in [0.05, 0.1) is 13.2 Å². The van der Waals surface area contributed by atoms with Gasteiger partial charge in [0.25, 0.3) is 0 Å². The SMILES string of the molecule is CCC(CC)C(CNC(=NC)N1CCN(c2ccccn2)CC1)N1CCOCC1.I. The molecule has 0 aromatic carbocycles. The summed E-state index contributed by atoms with van der Waals surface area (Å²) in [5, 5.41) is 3.70. The van der Waals surface area contributed by atoms with Crippen molar-refractivity contribution in [2.45, 2.75) is 32.7 Å². The third kappa shape index (κ3) is 6.68. The van der Waals surface area contributed by atoms with E-state index in [1.807, 2.05) is 19.3 Å². The Hall–Kier alpha value is -1.13. The minimum atomic E-state index is 0. The highest BCUT2D eigenvalue weighted by Gasteiger charge is 2.28. The molecule has 1 atom stereocenters. The van der Waals surface area contributed by atoms with Crippen LogP contribution in [0.1, 0.15) is 26.7 Å². The molecule has 170 valence electrons. The second-order valence-corrected chi connectivity index (χ2v) is 7.88. The third-order valence-corrected chi connectivity index (χ3v) is 6.34. The van der Waals surface area contributed by atoms with Crippen LogP contribution in [0, 0.1) is 5.92 Å². The van der Waals surface area contributed by atoms with E-state index in [1.54, 1.807) is 0 Å².